The molecule has 0 aliphatic carbocycles. The summed E-state index contributed by atoms with van der Waals surface area (Å²) < 4.78 is 10.6. The lowest BCUT2D eigenvalue weighted by molar-refractivity contribution is 0.0525. The minimum absolute atomic E-state index is 0.166. The van der Waals surface area contributed by atoms with Gasteiger partial charge < -0.3 is 14.8 Å². The summed E-state index contributed by atoms with van der Waals surface area (Å²) in [5, 5.41) is 3.27. The van der Waals surface area contributed by atoms with Gasteiger partial charge in [-0.05, 0) is 32.4 Å². The van der Waals surface area contributed by atoms with Crippen molar-refractivity contribution in [1.82, 2.24) is 10.3 Å². The van der Waals surface area contributed by atoms with Crippen LogP contribution in [0, 0.1) is 0 Å². The van der Waals surface area contributed by atoms with Crippen molar-refractivity contribution in [2.45, 2.75) is 25.9 Å². The molecule has 1 aliphatic heterocycles. The van der Waals surface area contributed by atoms with Gasteiger partial charge in [0.05, 0.1) is 12.2 Å². The summed E-state index contributed by atoms with van der Waals surface area (Å²) in [6.07, 6.45) is 3.81. The second-order valence-corrected chi connectivity index (χ2v) is 4.19. The first-order valence-electron chi connectivity index (χ1n) is 6.30. The smallest absolute Gasteiger partial charge is 0.339 e. The third-order valence-electron chi connectivity index (χ3n) is 2.79. The predicted molar refractivity (Wildman–Crippen MR) is 66.7 cm³/mol. The number of nitrogens with one attached hydrogen (secondary N) is 1. The van der Waals surface area contributed by atoms with E-state index in [1.807, 2.05) is 0 Å². The summed E-state index contributed by atoms with van der Waals surface area (Å²) in [6, 6.07) is 3.39. The highest BCUT2D eigenvalue weighted by Crippen LogP contribution is 2.13. The van der Waals surface area contributed by atoms with Gasteiger partial charge >= 0.3 is 5.97 Å². The van der Waals surface area contributed by atoms with E-state index in [1.165, 1.54) is 6.20 Å². The SMILES string of the molecule is CCOC(=O)c1ccc(O[C@H]2CCCNC2)nc1. The second-order valence-electron chi connectivity index (χ2n) is 4.19. The molecule has 0 saturated carbocycles. The van der Waals surface area contributed by atoms with Crippen LogP contribution >= 0.6 is 0 Å². The Balaban J connectivity index is 1.92. The van der Waals surface area contributed by atoms with Crippen LogP contribution in [0.4, 0.5) is 0 Å². The van der Waals surface area contributed by atoms with Crippen LogP contribution in [0.1, 0.15) is 30.1 Å². The zero-order valence-corrected chi connectivity index (χ0v) is 10.5. The molecule has 5 heteroatoms. The molecule has 0 bridgehead atoms. The molecule has 1 saturated heterocycles. The summed E-state index contributed by atoms with van der Waals surface area (Å²) >= 11 is 0. The van der Waals surface area contributed by atoms with Gasteiger partial charge in [0.1, 0.15) is 6.10 Å². The number of rotatable bonds is 4. The number of carbonyl (C=O) groups is 1. The van der Waals surface area contributed by atoms with Gasteiger partial charge in [-0.2, -0.15) is 0 Å². The highest BCUT2D eigenvalue weighted by Gasteiger charge is 2.15. The molecule has 1 aliphatic rings. The first-order valence-corrected chi connectivity index (χ1v) is 6.30. The van der Waals surface area contributed by atoms with Crippen molar-refractivity contribution in [2.75, 3.05) is 19.7 Å². The number of pyridine rings is 1. The Hall–Kier alpha value is -1.62. The van der Waals surface area contributed by atoms with Crippen LogP contribution in [0.2, 0.25) is 0 Å². The number of hydrogen-bond acceptors (Lipinski definition) is 5. The summed E-state index contributed by atoms with van der Waals surface area (Å²) in [7, 11) is 0. The Labute approximate surface area is 107 Å². The highest BCUT2D eigenvalue weighted by molar-refractivity contribution is 5.89. The Bertz CT molecular complexity index is 386. The minimum atomic E-state index is -0.351. The largest absolute Gasteiger partial charge is 0.473 e. The maximum Gasteiger partial charge on any atom is 0.339 e. The van der Waals surface area contributed by atoms with Gasteiger partial charge in [-0.3, -0.25) is 0 Å². The Morgan fingerprint density at radius 3 is 3.06 bits per heavy atom. The molecule has 1 aromatic heterocycles. The normalized spacial score (nSPS) is 19.3. The molecule has 0 radical (unpaired) electrons. The molecule has 1 atom stereocenters. The quantitative estimate of drug-likeness (QED) is 0.818. The van der Waals surface area contributed by atoms with Crippen LogP contribution < -0.4 is 10.1 Å². The molecule has 0 amide bonds. The van der Waals surface area contributed by atoms with E-state index >= 15 is 0 Å². The average Bonchev–Trinajstić information content (AvgIpc) is 2.41. The van der Waals surface area contributed by atoms with Crippen molar-refractivity contribution >= 4 is 5.97 Å². The van der Waals surface area contributed by atoms with Gasteiger partial charge in [0.25, 0.3) is 0 Å². The summed E-state index contributed by atoms with van der Waals surface area (Å²) in [5.74, 6) is 0.202. The summed E-state index contributed by atoms with van der Waals surface area (Å²) in [4.78, 5) is 15.6. The summed E-state index contributed by atoms with van der Waals surface area (Å²) in [6.45, 7) is 4.04. The van der Waals surface area contributed by atoms with E-state index in [4.69, 9.17) is 9.47 Å². The van der Waals surface area contributed by atoms with Gasteiger partial charge in [0, 0.05) is 18.8 Å². The minimum Gasteiger partial charge on any atom is -0.473 e. The lowest BCUT2D eigenvalue weighted by Crippen LogP contribution is -2.37. The number of ether oxygens (including phenoxy) is 2. The van der Waals surface area contributed by atoms with Crippen molar-refractivity contribution < 1.29 is 14.3 Å². The van der Waals surface area contributed by atoms with Crippen LogP contribution in [0.25, 0.3) is 0 Å². The third kappa shape index (κ3) is 3.43. The zero-order chi connectivity index (χ0) is 12.8. The molecule has 1 fully saturated rings. The fourth-order valence-corrected chi connectivity index (χ4v) is 1.88. The van der Waals surface area contributed by atoms with Crippen molar-refractivity contribution in [3.63, 3.8) is 0 Å². The maximum atomic E-state index is 11.4. The molecular formula is C13H18N2O3. The van der Waals surface area contributed by atoms with E-state index in [2.05, 4.69) is 10.3 Å². The third-order valence-corrected chi connectivity index (χ3v) is 2.79. The zero-order valence-electron chi connectivity index (χ0n) is 10.5. The molecule has 0 aromatic carbocycles. The molecule has 0 spiro atoms. The highest BCUT2D eigenvalue weighted by atomic mass is 16.5. The maximum absolute atomic E-state index is 11.4. The standard InChI is InChI=1S/C13H18N2O3/c1-2-17-13(16)10-5-6-12(15-8-10)18-11-4-3-7-14-9-11/h5-6,8,11,14H,2-4,7,9H2,1H3/t11-/m0/s1. The monoisotopic (exact) mass is 250 g/mol. The van der Waals surface area contributed by atoms with Crippen LogP contribution in [-0.4, -0.2) is 36.8 Å². The van der Waals surface area contributed by atoms with E-state index < -0.39 is 0 Å². The first-order chi connectivity index (χ1) is 8.79. The van der Waals surface area contributed by atoms with Crippen LogP contribution in [0.3, 0.4) is 0 Å². The Morgan fingerprint density at radius 2 is 2.44 bits per heavy atom. The van der Waals surface area contributed by atoms with Gasteiger partial charge in [-0.15, -0.1) is 0 Å². The number of hydrogen-bond donors (Lipinski definition) is 1. The van der Waals surface area contributed by atoms with Gasteiger partial charge in [0.15, 0.2) is 0 Å². The fraction of sp³-hybridized carbons (Fsp3) is 0.538. The van der Waals surface area contributed by atoms with Crippen molar-refractivity contribution in [3.05, 3.63) is 23.9 Å². The van der Waals surface area contributed by atoms with Crippen LogP contribution in [0.15, 0.2) is 18.3 Å². The molecule has 0 unspecified atom stereocenters. The van der Waals surface area contributed by atoms with Crippen molar-refractivity contribution in [3.8, 4) is 5.88 Å². The molecule has 18 heavy (non-hydrogen) atoms. The fourth-order valence-electron chi connectivity index (χ4n) is 1.88. The topological polar surface area (TPSA) is 60.5 Å². The van der Waals surface area contributed by atoms with Crippen LogP contribution in [-0.2, 0) is 4.74 Å². The average molecular weight is 250 g/mol. The lowest BCUT2D eigenvalue weighted by atomic mass is 10.1. The number of piperidine rings is 1. The summed E-state index contributed by atoms with van der Waals surface area (Å²) in [5.41, 5.74) is 0.450. The Kier molecular flexibility index (Phi) is 4.52. The van der Waals surface area contributed by atoms with Gasteiger partial charge in [0.2, 0.25) is 5.88 Å². The number of nitrogens with zero attached hydrogens (tertiary/aromatic N) is 1. The van der Waals surface area contributed by atoms with Crippen LogP contribution in [0.5, 0.6) is 5.88 Å². The molecule has 2 rings (SSSR count). The molecule has 5 nitrogen and oxygen atoms in total. The Morgan fingerprint density at radius 1 is 1.56 bits per heavy atom. The van der Waals surface area contributed by atoms with E-state index in [0.29, 0.717) is 18.1 Å². The number of carbonyl (C=O) groups excluding carboxylic acids is 1. The molecular weight excluding hydrogens is 232 g/mol. The molecule has 1 aromatic rings. The van der Waals surface area contributed by atoms with Gasteiger partial charge in [-0.1, -0.05) is 0 Å². The molecule has 98 valence electrons. The lowest BCUT2D eigenvalue weighted by Gasteiger charge is -2.23. The van der Waals surface area contributed by atoms with E-state index in [1.54, 1.807) is 19.1 Å². The molecule has 1 N–H and O–H groups in total. The first kappa shape index (κ1) is 12.8. The predicted octanol–water partition coefficient (Wildman–Crippen LogP) is 1.39. The number of aromatic nitrogens is 1. The van der Waals surface area contributed by atoms with Crippen molar-refractivity contribution in [1.29, 1.82) is 0 Å². The van der Waals surface area contributed by atoms with E-state index in [0.717, 1.165) is 25.9 Å². The number of esters is 1. The van der Waals surface area contributed by atoms with Gasteiger partial charge in [-0.25, -0.2) is 9.78 Å². The second kappa shape index (κ2) is 6.35. The van der Waals surface area contributed by atoms with E-state index in [-0.39, 0.29) is 12.1 Å². The molecule has 2 heterocycles. The van der Waals surface area contributed by atoms with Crippen molar-refractivity contribution in [2.24, 2.45) is 0 Å². The van der Waals surface area contributed by atoms with E-state index in [9.17, 15) is 4.79 Å².